The van der Waals surface area contributed by atoms with Gasteiger partial charge in [0.05, 0.1) is 22.7 Å². The Morgan fingerprint density at radius 1 is 1.21 bits per heavy atom. The second-order valence-electron chi connectivity index (χ2n) is 4.85. The molecule has 2 aromatic carbocycles. The van der Waals surface area contributed by atoms with Crippen LogP contribution in [0.15, 0.2) is 68.8 Å². The fourth-order valence-electron chi connectivity index (χ4n) is 2.12. The summed E-state index contributed by atoms with van der Waals surface area (Å²) >= 11 is 3.29. The maximum absolute atomic E-state index is 12.5. The molecule has 8 heteroatoms. The van der Waals surface area contributed by atoms with Crippen molar-refractivity contribution in [1.82, 2.24) is 4.98 Å². The number of hydrogen-bond donors (Lipinski definition) is 1. The van der Waals surface area contributed by atoms with Gasteiger partial charge in [-0.3, -0.25) is 4.72 Å². The number of halogens is 1. The van der Waals surface area contributed by atoms with E-state index in [1.807, 2.05) is 6.07 Å². The Morgan fingerprint density at radius 3 is 2.71 bits per heavy atom. The van der Waals surface area contributed by atoms with Crippen LogP contribution in [0.4, 0.5) is 5.69 Å². The van der Waals surface area contributed by atoms with Crippen molar-refractivity contribution in [2.75, 3.05) is 11.8 Å². The van der Waals surface area contributed by atoms with Crippen LogP contribution in [0.2, 0.25) is 0 Å². The van der Waals surface area contributed by atoms with E-state index < -0.39 is 10.0 Å². The minimum absolute atomic E-state index is 0.125. The third-order valence-electron chi connectivity index (χ3n) is 3.27. The number of ether oxygens (including phenoxy) is 1. The molecule has 0 amide bonds. The second kappa shape index (κ2) is 6.66. The predicted molar refractivity (Wildman–Crippen MR) is 93.4 cm³/mol. The number of methoxy groups -OCH3 is 1. The molecule has 0 bridgehead atoms. The number of nitrogens with one attached hydrogen (secondary N) is 1. The van der Waals surface area contributed by atoms with E-state index in [2.05, 4.69) is 25.6 Å². The zero-order valence-electron chi connectivity index (χ0n) is 12.6. The van der Waals surface area contributed by atoms with E-state index in [1.54, 1.807) is 30.5 Å². The lowest BCUT2D eigenvalue weighted by molar-refractivity contribution is 0.411. The highest BCUT2D eigenvalue weighted by Gasteiger charge is 2.16. The van der Waals surface area contributed by atoms with Crippen LogP contribution in [0.3, 0.4) is 0 Å². The summed E-state index contributed by atoms with van der Waals surface area (Å²) in [6.45, 7) is 0. The number of rotatable bonds is 5. The standard InChI is InChI=1S/C16H13BrN2O4S/c1-22-15-6-5-13(8-14(15)17)24(20,21)19-12-4-2-3-11(7-12)16-9-18-10-23-16/h2-10,19H,1H3. The topological polar surface area (TPSA) is 81.4 Å². The molecule has 1 aromatic heterocycles. The first kappa shape index (κ1) is 16.5. The molecule has 0 unspecified atom stereocenters. The Hall–Kier alpha value is -2.32. The zero-order valence-corrected chi connectivity index (χ0v) is 15.0. The molecule has 3 aromatic rings. The third-order valence-corrected chi connectivity index (χ3v) is 5.26. The number of sulfonamides is 1. The van der Waals surface area contributed by atoms with E-state index in [0.717, 1.165) is 5.56 Å². The van der Waals surface area contributed by atoms with Crippen LogP contribution in [-0.2, 0) is 10.0 Å². The van der Waals surface area contributed by atoms with Gasteiger partial charge in [0.1, 0.15) is 5.75 Å². The maximum Gasteiger partial charge on any atom is 0.261 e. The summed E-state index contributed by atoms with van der Waals surface area (Å²) in [6.07, 6.45) is 2.88. The Balaban J connectivity index is 1.90. The van der Waals surface area contributed by atoms with Crippen LogP contribution in [0.25, 0.3) is 11.3 Å². The molecule has 24 heavy (non-hydrogen) atoms. The fraction of sp³-hybridized carbons (Fsp3) is 0.0625. The number of benzene rings is 2. The van der Waals surface area contributed by atoms with Gasteiger partial charge in [-0.2, -0.15) is 0 Å². The molecule has 0 atom stereocenters. The average Bonchev–Trinajstić information content (AvgIpc) is 3.09. The first-order chi connectivity index (χ1) is 11.5. The van der Waals surface area contributed by atoms with Crippen LogP contribution in [0, 0.1) is 0 Å². The molecule has 124 valence electrons. The van der Waals surface area contributed by atoms with Gasteiger partial charge in [-0.25, -0.2) is 13.4 Å². The number of aromatic nitrogens is 1. The van der Waals surface area contributed by atoms with Crippen LogP contribution in [-0.4, -0.2) is 20.5 Å². The van der Waals surface area contributed by atoms with E-state index in [1.165, 1.54) is 25.6 Å². The number of oxazole rings is 1. The van der Waals surface area contributed by atoms with E-state index in [9.17, 15) is 8.42 Å². The second-order valence-corrected chi connectivity index (χ2v) is 7.39. The average molecular weight is 409 g/mol. The van der Waals surface area contributed by atoms with Gasteiger partial charge in [-0.15, -0.1) is 0 Å². The molecule has 1 heterocycles. The molecular formula is C16H13BrN2O4S. The maximum atomic E-state index is 12.5. The van der Waals surface area contributed by atoms with Gasteiger partial charge in [0.15, 0.2) is 12.2 Å². The molecule has 0 aliphatic carbocycles. The number of nitrogens with zero attached hydrogens (tertiary/aromatic N) is 1. The van der Waals surface area contributed by atoms with Gasteiger partial charge >= 0.3 is 0 Å². The molecular weight excluding hydrogens is 396 g/mol. The van der Waals surface area contributed by atoms with Crippen molar-refractivity contribution in [2.24, 2.45) is 0 Å². The summed E-state index contributed by atoms with van der Waals surface area (Å²) in [5.74, 6) is 1.12. The highest BCUT2D eigenvalue weighted by molar-refractivity contribution is 9.10. The molecule has 1 N–H and O–H groups in total. The van der Waals surface area contributed by atoms with Crippen LogP contribution in [0.5, 0.6) is 5.75 Å². The van der Waals surface area contributed by atoms with Crippen molar-refractivity contribution in [3.8, 4) is 17.1 Å². The minimum Gasteiger partial charge on any atom is -0.496 e. The summed E-state index contributed by atoms with van der Waals surface area (Å²) in [7, 11) is -2.21. The summed E-state index contributed by atoms with van der Waals surface area (Å²) < 4.78 is 38.5. The SMILES string of the molecule is COc1ccc(S(=O)(=O)Nc2cccc(-c3cnco3)c2)cc1Br. The molecule has 3 rings (SSSR count). The summed E-state index contributed by atoms with van der Waals surface area (Å²) in [5.41, 5.74) is 1.15. The van der Waals surface area contributed by atoms with E-state index in [0.29, 0.717) is 21.7 Å². The normalized spacial score (nSPS) is 11.2. The van der Waals surface area contributed by atoms with E-state index in [-0.39, 0.29) is 4.90 Å². The monoisotopic (exact) mass is 408 g/mol. The van der Waals surface area contributed by atoms with Gasteiger partial charge in [0.25, 0.3) is 10.0 Å². The van der Waals surface area contributed by atoms with Crippen LogP contribution < -0.4 is 9.46 Å². The lowest BCUT2D eigenvalue weighted by atomic mass is 10.2. The molecule has 0 spiro atoms. The van der Waals surface area contributed by atoms with E-state index >= 15 is 0 Å². The third kappa shape index (κ3) is 3.44. The van der Waals surface area contributed by atoms with Gasteiger partial charge in [-0.1, -0.05) is 12.1 Å². The molecule has 0 fully saturated rings. The minimum atomic E-state index is -3.73. The molecule has 0 saturated carbocycles. The lowest BCUT2D eigenvalue weighted by Crippen LogP contribution is -2.13. The van der Waals surface area contributed by atoms with Crippen LogP contribution >= 0.6 is 15.9 Å². The number of hydrogen-bond acceptors (Lipinski definition) is 5. The molecule has 0 aliphatic heterocycles. The van der Waals surface area contributed by atoms with Gasteiger partial charge in [-0.05, 0) is 46.3 Å². The van der Waals surface area contributed by atoms with Gasteiger partial charge in [0, 0.05) is 11.3 Å². The smallest absolute Gasteiger partial charge is 0.261 e. The van der Waals surface area contributed by atoms with Crippen LogP contribution in [0.1, 0.15) is 0 Å². The Morgan fingerprint density at radius 2 is 2.04 bits per heavy atom. The summed E-state index contributed by atoms with van der Waals surface area (Å²) in [4.78, 5) is 3.98. The molecule has 0 aliphatic rings. The first-order valence-electron chi connectivity index (χ1n) is 6.85. The van der Waals surface area contributed by atoms with Crippen molar-refractivity contribution in [3.05, 3.63) is 59.5 Å². The quantitative estimate of drug-likeness (QED) is 0.691. The molecule has 0 radical (unpaired) electrons. The highest BCUT2D eigenvalue weighted by Crippen LogP contribution is 2.29. The summed E-state index contributed by atoms with van der Waals surface area (Å²) in [5, 5.41) is 0. The first-order valence-corrected chi connectivity index (χ1v) is 9.12. The van der Waals surface area contributed by atoms with E-state index in [4.69, 9.17) is 9.15 Å². The van der Waals surface area contributed by atoms with Crippen molar-refractivity contribution in [1.29, 1.82) is 0 Å². The van der Waals surface area contributed by atoms with Gasteiger partial charge < -0.3 is 9.15 Å². The lowest BCUT2D eigenvalue weighted by Gasteiger charge is -2.10. The van der Waals surface area contributed by atoms with Gasteiger partial charge in [0.2, 0.25) is 0 Å². The predicted octanol–water partition coefficient (Wildman–Crippen LogP) is 3.91. The van der Waals surface area contributed by atoms with Crippen molar-refractivity contribution in [2.45, 2.75) is 4.90 Å². The zero-order chi connectivity index (χ0) is 17.2. The highest BCUT2D eigenvalue weighted by atomic mass is 79.9. The molecule has 6 nitrogen and oxygen atoms in total. The van der Waals surface area contributed by atoms with Crippen molar-refractivity contribution < 1.29 is 17.6 Å². The Kier molecular flexibility index (Phi) is 4.59. The Bertz CT molecular complexity index is 956. The number of anilines is 1. The van der Waals surface area contributed by atoms with Crippen molar-refractivity contribution >= 4 is 31.6 Å². The largest absolute Gasteiger partial charge is 0.496 e. The molecule has 0 saturated heterocycles. The fourth-order valence-corrected chi connectivity index (χ4v) is 3.89. The Labute approximate surface area is 147 Å². The summed E-state index contributed by atoms with van der Waals surface area (Å²) in [6, 6.07) is 11.4. The van der Waals surface area contributed by atoms with Crippen molar-refractivity contribution in [3.63, 3.8) is 0 Å².